The van der Waals surface area contributed by atoms with Crippen molar-refractivity contribution in [2.24, 2.45) is 0 Å². The summed E-state index contributed by atoms with van der Waals surface area (Å²) in [6.07, 6.45) is 4.48. The highest BCUT2D eigenvalue weighted by molar-refractivity contribution is 4.67. The number of unbranched alkanes of at least 4 members (excludes halogenated alkanes) is 2. The van der Waals surface area contributed by atoms with E-state index in [0.29, 0.717) is 6.10 Å². The van der Waals surface area contributed by atoms with E-state index in [9.17, 15) is 0 Å². The SMILES string of the molecule is CCCCCN1CCOC(C)C1. The molecule has 0 aromatic rings. The summed E-state index contributed by atoms with van der Waals surface area (Å²) in [7, 11) is 0. The lowest BCUT2D eigenvalue weighted by atomic mass is 10.2. The minimum Gasteiger partial charge on any atom is -0.376 e. The zero-order valence-corrected chi connectivity index (χ0v) is 8.38. The fourth-order valence-electron chi connectivity index (χ4n) is 1.68. The first kappa shape index (κ1) is 10.0. The van der Waals surface area contributed by atoms with Crippen LogP contribution in [0.25, 0.3) is 0 Å². The van der Waals surface area contributed by atoms with E-state index >= 15 is 0 Å². The fraction of sp³-hybridized carbons (Fsp3) is 1.00. The van der Waals surface area contributed by atoms with E-state index in [1.807, 2.05) is 0 Å². The maximum absolute atomic E-state index is 5.47. The molecule has 0 radical (unpaired) electrons. The summed E-state index contributed by atoms with van der Waals surface area (Å²) in [5, 5.41) is 0. The normalized spacial score (nSPS) is 26.0. The molecule has 1 aliphatic rings. The number of hydrogen-bond acceptors (Lipinski definition) is 2. The lowest BCUT2D eigenvalue weighted by Crippen LogP contribution is -2.41. The molecular formula is C10H21NO. The molecule has 0 aliphatic carbocycles. The molecule has 1 unspecified atom stereocenters. The van der Waals surface area contributed by atoms with Gasteiger partial charge in [0.05, 0.1) is 12.7 Å². The zero-order valence-electron chi connectivity index (χ0n) is 8.38. The van der Waals surface area contributed by atoms with Crippen molar-refractivity contribution in [3.05, 3.63) is 0 Å². The third-order valence-electron chi connectivity index (χ3n) is 2.40. The van der Waals surface area contributed by atoms with Crippen molar-refractivity contribution in [3.63, 3.8) is 0 Å². The van der Waals surface area contributed by atoms with Crippen LogP contribution in [0.5, 0.6) is 0 Å². The summed E-state index contributed by atoms with van der Waals surface area (Å²) in [5.74, 6) is 0. The van der Waals surface area contributed by atoms with Gasteiger partial charge in [0.25, 0.3) is 0 Å². The standard InChI is InChI=1S/C10H21NO/c1-3-4-5-6-11-7-8-12-10(2)9-11/h10H,3-9H2,1-2H3. The maximum atomic E-state index is 5.47. The Morgan fingerprint density at radius 3 is 2.92 bits per heavy atom. The Kier molecular flexibility index (Phi) is 4.62. The summed E-state index contributed by atoms with van der Waals surface area (Å²) in [6.45, 7) is 8.86. The van der Waals surface area contributed by atoms with E-state index in [1.54, 1.807) is 0 Å². The fourth-order valence-corrected chi connectivity index (χ4v) is 1.68. The molecule has 0 N–H and O–H groups in total. The minimum absolute atomic E-state index is 0.445. The van der Waals surface area contributed by atoms with E-state index in [4.69, 9.17) is 4.74 Å². The van der Waals surface area contributed by atoms with Crippen LogP contribution in [0.4, 0.5) is 0 Å². The molecule has 0 saturated carbocycles. The van der Waals surface area contributed by atoms with Crippen LogP contribution < -0.4 is 0 Å². The van der Waals surface area contributed by atoms with Crippen molar-refractivity contribution in [2.45, 2.75) is 39.2 Å². The Labute approximate surface area is 75.9 Å². The molecule has 1 heterocycles. The first-order chi connectivity index (χ1) is 5.83. The quantitative estimate of drug-likeness (QED) is 0.599. The van der Waals surface area contributed by atoms with E-state index < -0.39 is 0 Å². The third-order valence-corrected chi connectivity index (χ3v) is 2.40. The number of morpholine rings is 1. The second kappa shape index (κ2) is 5.55. The molecule has 0 aromatic carbocycles. The number of nitrogens with zero attached hydrogens (tertiary/aromatic N) is 1. The van der Waals surface area contributed by atoms with Crippen molar-refractivity contribution < 1.29 is 4.74 Å². The van der Waals surface area contributed by atoms with Gasteiger partial charge in [0.2, 0.25) is 0 Å². The molecule has 0 amide bonds. The Morgan fingerprint density at radius 2 is 2.25 bits per heavy atom. The van der Waals surface area contributed by atoms with Gasteiger partial charge in [0.15, 0.2) is 0 Å². The molecule has 72 valence electrons. The van der Waals surface area contributed by atoms with Crippen molar-refractivity contribution >= 4 is 0 Å². The van der Waals surface area contributed by atoms with E-state index in [-0.39, 0.29) is 0 Å². The van der Waals surface area contributed by atoms with Gasteiger partial charge in [-0.15, -0.1) is 0 Å². The molecule has 0 aromatic heterocycles. The van der Waals surface area contributed by atoms with Gasteiger partial charge in [-0.25, -0.2) is 0 Å². The van der Waals surface area contributed by atoms with Crippen molar-refractivity contribution in [3.8, 4) is 0 Å². The second-order valence-corrected chi connectivity index (χ2v) is 3.69. The van der Waals surface area contributed by atoms with Gasteiger partial charge >= 0.3 is 0 Å². The minimum atomic E-state index is 0.445. The van der Waals surface area contributed by atoms with Gasteiger partial charge in [0, 0.05) is 13.1 Å². The van der Waals surface area contributed by atoms with Crippen molar-refractivity contribution in [1.29, 1.82) is 0 Å². The Balaban J connectivity index is 2.06. The molecular weight excluding hydrogens is 150 g/mol. The highest BCUT2D eigenvalue weighted by Gasteiger charge is 2.15. The summed E-state index contributed by atoms with van der Waals surface area (Å²) >= 11 is 0. The van der Waals surface area contributed by atoms with Crippen LogP contribution >= 0.6 is 0 Å². The molecule has 0 spiro atoms. The summed E-state index contributed by atoms with van der Waals surface area (Å²) < 4.78 is 5.47. The molecule has 2 heteroatoms. The van der Waals surface area contributed by atoms with Gasteiger partial charge < -0.3 is 4.74 Å². The number of rotatable bonds is 4. The first-order valence-corrected chi connectivity index (χ1v) is 5.17. The molecule has 2 nitrogen and oxygen atoms in total. The molecule has 1 rings (SSSR count). The first-order valence-electron chi connectivity index (χ1n) is 5.17. The lowest BCUT2D eigenvalue weighted by molar-refractivity contribution is -0.0185. The van der Waals surface area contributed by atoms with Crippen molar-refractivity contribution in [1.82, 2.24) is 4.90 Å². The van der Waals surface area contributed by atoms with Gasteiger partial charge in [-0.2, -0.15) is 0 Å². The average Bonchev–Trinajstić information content (AvgIpc) is 2.05. The Bertz CT molecular complexity index is 116. The zero-order chi connectivity index (χ0) is 8.81. The van der Waals surface area contributed by atoms with Crippen LogP contribution in [0, 0.1) is 0 Å². The van der Waals surface area contributed by atoms with Crippen LogP contribution in [0.3, 0.4) is 0 Å². The predicted molar refractivity (Wildman–Crippen MR) is 51.4 cm³/mol. The second-order valence-electron chi connectivity index (χ2n) is 3.69. The van der Waals surface area contributed by atoms with Crippen molar-refractivity contribution in [2.75, 3.05) is 26.2 Å². The van der Waals surface area contributed by atoms with E-state index in [1.165, 1.54) is 25.8 Å². The van der Waals surface area contributed by atoms with Gasteiger partial charge in [-0.3, -0.25) is 4.90 Å². The van der Waals surface area contributed by atoms with E-state index in [2.05, 4.69) is 18.7 Å². The summed E-state index contributed by atoms with van der Waals surface area (Å²) in [5.41, 5.74) is 0. The van der Waals surface area contributed by atoms with Crippen LogP contribution in [-0.2, 0) is 4.74 Å². The third kappa shape index (κ3) is 3.55. The molecule has 12 heavy (non-hydrogen) atoms. The van der Waals surface area contributed by atoms with Crippen LogP contribution in [0.2, 0.25) is 0 Å². The largest absolute Gasteiger partial charge is 0.376 e. The maximum Gasteiger partial charge on any atom is 0.0674 e. The summed E-state index contributed by atoms with van der Waals surface area (Å²) in [6, 6.07) is 0. The summed E-state index contributed by atoms with van der Waals surface area (Å²) in [4.78, 5) is 2.52. The molecule has 1 fully saturated rings. The molecule has 0 bridgehead atoms. The number of hydrogen-bond donors (Lipinski definition) is 0. The van der Waals surface area contributed by atoms with Gasteiger partial charge in [0.1, 0.15) is 0 Å². The molecule has 1 atom stereocenters. The van der Waals surface area contributed by atoms with Gasteiger partial charge in [-0.1, -0.05) is 19.8 Å². The average molecular weight is 171 g/mol. The van der Waals surface area contributed by atoms with Crippen LogP contribution in [-0.4, -0.2) is 37.2 Å². The van der Waals surface area contributed by atoms with E-state index in [0.717, 1.165) is 19.7 Å². The Morgan fingerprint density at radius 1 is 1.42 bits per heavy atom. The van der Waals surface area contributed by atoms with Gasteiger partial charge in [-0.05, 0) is 19.9 Å². The van der Waals surface area contributed by atoms with Crippen LogP contribution in [0.1, 0.15) is 33.1 Å². The monoisotopic (exact) mass is 171 g/mol. The Hall–Kier alpha value is -0.0800. The lowest BCUT2D eigenvalue weighted by Gasteiger charge is -2.30. The molecule has 1 aliphatic heterocycles. The smallest absolute Gasteiger partial charge is 0.0674 e. The molecule has 1 saturated heterocycles. The highest BCUT2D eigenvalue weighted by atomic mass is 16.5. The van der Waals surface area contributed by atoms with Crippen LogP contribution in [0.15, 0.2) is 0 Å². The topological polar surface area (TPSA) is 12.5 Å². The predicted octanol–water partition coefficient (Wildman–Crippen LogP) is 1.90. The highest BCUT2D eigenvalue weighted by Crippen LogP contribution is 2.06. The number of ether oxygens (including phenoxy) is 1.